The lowest BCUT2D eigenvalue weighted by Gasteiger charge is -2.10. The number of aromatic nitrogens is 2. The van der Waals surface area contributed by atoms with E-state index in [0.717, 1.165) is 13.2 Å². The SMILES string of the molecule is CN(C)CCOCCNc1cncc(NN)n1. The zero-order valence-corrected chi connectivity index (χ0v) is 10.3. The largest absolute Gasteiger partial charge is 0.378 e. The maximum atomic E-state index is 5.43. The first-order valence-corrected chi connectivity index (χ1v) is 5.47. The van der Waals surface area contributed by atoms with Gasteiger partial charge in [-0.15, -0.1) is 0 Å². The van der Waals surface area contributed by atoms with E-state index >= 15 is 0 Å². The van der Waals surface area contributed by atoms with E-state index in [1.165, 1.54) is 0 Å². The molecule has 17 heavy (non-hydrogen) atoms. The van der Waals surface area contributed by atoms with Crippen LogP contribution in [0.25, 0.3) is 0 Å². The van der Waals surface area contributed by atoms with E-state index in [4.69, 9.17) is 10.6 Å². The third-order valence-electron chi connectivity index (χ3n) is 2.02. The Morgan fingerprint density at radius 3 is 2.76 bits per heavy atom. The molecule has 0 fully saturated rings. The molecule has 1 aromatic heterocycles. The van der Waals surface area contributed by atoms with Gasteiger partial charge >= 0.3 is 0 Å². The molecule has 7 nitrogen and oxygen atoms in total. The van der Waals surface area contributed by atoms with Gasteiger partial charge in [0, 0.05) is 13.1 Å². The molecule has 0 aromatic carbocycles. The molecule has 0 aliphatic heterocycles. The molecular formula is C10H20N6O. The minimum atomic E-state index is 0.531. The molecule has 0 radical (unpaired) electrons. The summed E-state index contributed by atoms with van der Waals surface area (Å²) in [5.74, 6) is 6.44. The number of nitrogens with two attached hydrogens (primary N) is 1. The van der Waals surface area contributed by atoms with Crippen LogP contribution in [-0.4, -0.2) is 55.3 Å². The van der Waals surface area contributed by atoms with E-state index in [0.29, 0.717) is 24.8 Å². The fourth-order valence-electron chi connectivity index (χ4n) is 1.12. The zero-order chi connectivity index (χ0) is 12.5. The molecule has 0 atom stereocenters. The molecule has 0 unspecified atom stereocenters. The molecule has 0 aliphatic carbocycles. The fraction of sp³-hybridized carbons (Fsp3) is 0.600. The van der Waals surface area contributed by atoms with Crippen LogP contribution in [0.15, 0.2) is 12.4 Å². The van der Waals surface area contributed by atoms with Gasteiger partial charge in [-0.3, -0.25) is 4.98 Å². The summed E-state index contributed by atoms with van der Waals surface area (Å²) in [4.78, 5) is 10.2. The summed E-state index contributed by atoms with van der Waals surface area (Å²) in [5.41, 5.74) is 2.44. The van der Waals surface area contributed by atoms with Crippen molar-refractivity contribution in [3.63, 3.8) is 0 Å². The van der Waals surface area contributed by atoms with Crippen molar-refractivity contribution in [2.45, 2.75) is 0 Å². The fourth-order valence-corrected chi connectivity index (χ4v) is 1.12. The van der Waals surface area contributed by atoms with Crippen molar-refractivity contribution in [3.05, 3.63) is 12.4 Å². The van der Waals surface area contributed by atoms with E-state index < -0.39 is 0 Å². The molecule has 96 valence electrons. The minimum absolute atomic E-state index is 0.531. The second kappa shape index (κ2) is 7.77. The Labute approximate surface area is 101 Å². The Hall–Kier alpha value is -1.44. The average molecular weight is 240 g/mol. The van der Waals surface area contributed by atoms with Crippen molar-refractivity contribution in [3.8, 4) is 0 Å². The number of nitrogen functional groups attached to an aromatic ring is 1. The number of likely N-dealkylation sites (N-methyl/N-ethyl adjacent to an activating group) is 1. The van der Waals surface area contributed by atoms with Crippen LogP contribution in [0.1, 0.15) is 0 Å². The van der Waals surface area contributed by atoms with Gasteiger partial charge in [0.05, 0.1) is 25.6 Å². The normalized spacial score (nSPS) is 10.6. The lowest BCUT2D eigenvalue weighted by Crippen LogP contribution is -2.20. The van der Waals surface area contributed by atoms with Gasteiger partial charge in [-0.2, -0.15) is 0 Å². The zero-order valence-electron chi connectivity index (χ0n) is 10.3. The highest BCUT2D eigenvalue weighted by Gasteiger charge is 1.96. The maximum Gasteiger partial charge on any atom is 0.160 e. The predicted molar refractivity (Wildman–Crippen MR) is 67.7 cm³/mol. The molecule has 0 aliphatic rings. The van der Waals surface area contributed by atoms with Crippen molar-refractivity contribution >= 4 is 11.6 Å². The number of ether oxygens (including phenoxy) is 1. The molecule has 0 saturated heterocycles. The topological polar surface area (TPSA) is 88.3 Å². The second-order valence-electron chi connectivity index (χ2n) is 3.78. The van der Waals surface area contributed by atoms with Gasteiger partial charge in [0.1, 0.15) is 5.82 Å². The Balaban J connectivity index is 2.13. The summed E-state index contributed by atoms with van der Waals surface area (Å²) in [6.45, 7) is 2.98. The van der Waals surface area contributed by atoms with Crippen molar-refractivity contribution < 1.29 is 4.74 Å². The lowest BCUT2D eigenvalue weighted by atomic mass is 10.5. The number of hydrazine groups is 1. The van der Waals surface area contributed by atoms with Gasteiger partial charge in [0.2, 0.25) is 0 Å². The Morgan fingerprint density at radius 1 is 1.29 bits per heavy atom. The Morgan fingerprint density at radius 2 is 2.06 bits per heavy atom. The highest BCUT2D eigenvalue weighted by Crippen LogP contribution is 2.04. The van der Waals surface area contributed by atoms with Crippen LogP contribution in [0.4, 0.5) is 11.6 Å². The molecule has 0 spiro atoms. The summed E-state index contributed by atoms with van der Waals surface area (Å²) in [7, 11) is 4.03. The van der Waals surface area contributed by atoms with Crippen LogP contribution in [-0.2, 0) is 4.74 Å². The van der Waals surface area contributed by atoms with Crippen molar-refractivity contribution in [2.75, 3.05) is 51.1 Å². The molecule has 1 heterocycles. The first-order chi connectivity index (χ1) is 8.22. The first-order valence-electron chi connectivity index (χ1n) is 5.47. The van der Waals surface area contributed by atoms with Crippen LogP contribution in [0.2, 0.25) is 0 Å². The quantitative estimate of drug-likeness (QED) is 0.328. The summed E-state index contributed by atoms with van der Waals surface area (Å²) in [5, 5.41) is 3.10. The molecular weight excluding hydrogens is 220 g/mol. The van der Waals surface area contributed by atoms with E-state index in [-0.39, 0.29) is 0 Å². The van der Waals surface area contributed by atoms with E-state index in [2.05, 4.69) is 25.6 Å². The number of rotatable bonds is 8. The summed E-state index contributed by atoms with van der Waals surface area (Å²) >= 11 is 0. The minimum Gasteiger partial charge on any atom is -0.378 e. The standard InChI is InChI=1S/C10H20N6O/c1-16(2)4-6-17-5-3-13-9-7-12-8-10(14-9)15-11/h7-8H,3-6,11H2,1-2H3,(H2,13,14,15). The van der Waals surface area contributed by atoms with Gasteiger partial charge in [0.25, 0.3) is 0 Å². The number of hydrogen-bond acceptors (Lipinski definition) is 7. The van der Waals surface area contributed by atoms with Crippen LogP contribution in [0.5, 0.6) is 0 Å². The van der Waals surface area contributed by atoms with Gasteiger partial charge in [-0.25, -0.2) is 10.8 Å². The molecule has 4 N–H and O–H groups in total. The smallest absolute Gasteiger partial charge is 0.160 e. The average Bonchev–Trinajstić information content (AvgIpc) is 2.33. The van der Waals surface area contributed by atoms with E-state index in [1.54, 1.807) is 12.4 Å². The van der Waals surface area contributed by atoms with Crippen molar-refractivity contribution in [1.29, 1.82) is 0 Å². The van der Waals surface area contributed by atoms with Gasteiger partial charge in [0.15, 0.2) is 5.82 Å². The third-order valence-corrected chi connectivity index (χ3v) is 2.02. The molecule has 7 heteroatoms. The molecule has 0 amide bonds. The number of nitrogens with zero attached hydrogens (tertiary/aromatic N) is 3. The number of anilines is 2. The first kappa shape index (κ1) is 13.6. The third kappa shape index (κ3) is 6.00. The van der Waals surface area contributed by atoms with Crippen LogP contribution < -0.4 is 16.6 Å². The molecule has 1 aromatic rings. The van der Waals surface area contributed by atoms with Crippen molar-refractivity contribution in [2.24, 2.45) is 5.84 Å². The Bertz CT molecular complexity index is 319. The lowest BCUT2D eigenvalue weighted by molar-refractivity contribution is 0.126. The van der Waals surface area contributed by atoms with Crippen LogP contribution >= 0.6 is 0 Å². The molecule has 0 bridgehead atoms. The summed E-state index contributed by atoms with van der Waals surface area (Å²) < 4.78 is 5.43. The van der Waals surface area contributed by atoms with Crippen LogP contribution in [0, 0.1) is 0 Å². The van der Waals surface area contributed by atoms with E-state index in [1.807, 2.05) is 14.1 Å². The van der Waals surface area contributed by atoms with Crippen molar-refractivity contribution in [1.82, 2.24) is 14.9 Å². The van der Waals surface area contributed by atoms with E-state index in [9.17, 15) is 0 Å². The Kier molecular flexibility index (Phi) is 6.23. The highest BCUT2D eigenvalue weighted by atomic mass is 16.5. The molecule has 0 saturated carbocycles. The molecule has 1 rings (SSSR count). The maximum absolute atomic E-state index is 5.43. The second-order valence-corrected chi connectivity index (χ2v) is 3.78. The summed E-state index contributed by atoms with van der Waals surface area (Å²) in [6, 6.07) is 0. The van der Waals surface area contributed by atoms with Gasteiger partial charge in [-0.05, 0) is 14.1 Å². The summed E-state index contributed by atoms with van der Waals surface area (Å²) in [6.07, 6.45) is 3.19. The van der Waals surface area contributed by atoms with Crippen LogP contribution in [0.3, 0.4) is 0 Å². The van der Waals surface area contributed by atoms with Gasteiger partial charge in [-0.1, -0.05) is 0 Å². The number of nitrogens with one attached hydrogen (secondary N) is 2. The monoisotopic (exact) mass is 240 g/mol. The predicted octanol–water partition coefficient (Wildman–Crippen LogP) is -0.248. The number of hydrogen-bond donors (Lipinski definition) is 3. The highest BCUT2D eigenvalue weighted by molar-refractivity contribution is 5.40. The van der Waals surface area contributed by atoms with Gasteiger partial charge < -0.3 is 20.4 Å².